The third-order valence-corrected chi connectivity index (χ3v) is 4.81. The smallest absolute Gasteiger partial charge is 0.339 e. The molecule has 4 unspecified atom stereocenters. The third-order valence-electron chi connectivity index (χ3n) is 4.81. The number of alkyl halides is 8. The molecule has 26 heavy (non-hydrogen) atoms. The van der Waals surface area contributed by atoms with Crippen LogP contribution in [0, 0.1) is 0 Å². The SMILES string of the molecule is C=CC(=O)OC12CC(O)(F)C(F)(F)C(O)(CC(O)(CF)C1(F)F)C2(F)F. The van der Waals surface area contributed by atoms with Gasteiger partial charge in [0.25, 0.3) is 5.85 Å². The largest absolute Gasteiger partial charge is 0.442 e. The maximum Gasteiger partial charge on any atom is 0.339 e. The Morgan fingerprint density at radius 3 is 1.88 bits per heavy atom. The van der Waals surface area contributed by atoms with Gasteiger partial charge in [-0.1, -0.05) is 6.58 Å². The summed E-state index contributed by atoms with van der Waals surface area (Å²) in [6, 6.07) is 0. The first-order chi connectivity index (χ1) is 11.4. The first-order valence-corrected chi connectivity index (χ1v) is 6.84. The number of carbonyl (C=O) groups excluding carboxylic acids is 1. The molecule has 2 rings (SSSR count). The van der Waals surface area contributed by atoms with Gasteiger partial charge in [-0.05, 0) is 0 Å². The second kappa shape index (κ2) is 5.07. The van der Waals surface area contributed by atoms with Crippen LogP contribution in [-0.4, -0.2) is 68.4 Å². The molecular formula is C13H12F8O5. The summed E-state index contributed by atoms with van der Waals surface area (Å²) < 4.78 is 117. The number of hydrogen-bond acceptors (Lipinski definition) is 5. The van der Waals surface area contributed by atoms with Crippen molar-refractivity contribution in [2.24, 2.45) is 0 Å². The van der Waals surface area contributed by atoms with Gasteiger partial charge in [0.05, 0.1) is 6.42 Å². The van der Waals surface area contributed by atoms with E-state index in [1.54, 1.807) is 0 Å². The maximum absolute atomic E-state index is 14.6. The summed E-state index contributed by atoms with van der Waals surface area (Å²) in [4.78, 5) is 11.3. The van der Waals surface area contributed by atoms with Gasteiger partial charge in [0.2, 0.25) is 11.2 Å². The van der Waals surface area contributed by atoms with Crippen molar-refractivity contribution in [3.8, 4) is 0 Å². The number of aliphatic hydroxyl groups is 3. The van der Waals surface area contributed by atoms with Crippen LogP contribution in [0.4, 0.5) is 35.1 Å². The van der Waals surface area contributed by atoms with Gasteiger partial charge < -0.3 is 20.1 Å². The molecule has 0 aromatic rings. The molecule has 0 heterocycles. The van der Waals surface area contributed by atoms with Gasteiger partial charge in [-0.15, -0.1) is 0 Å². The van der Waals surface area contributed by atoms with Crippen molar-refractivity contribution in [2.75, 3.05) is 6.67 Å². The zero-order valence-corrected chi connectivity index (χ0v) is 12.6. The first kappa shape index (κ1) is 20.8. The summed E-state index contributed by atoms with van der Waals surface area (Å²) >= 11 is 0. The van der Waals surface area contributed by atoms with E-state index in [0.717, 1.165) is 0 Å². The highest BCUT2D eigenvalue weighted by Crippen LogP contribution is 2.71. The Morgan fingerprint density at radius 2 is 1.46 bits per heavy atom. The fraction of sp³-hybridized carbons (Fsp3) is 0.769. The lowest BCUT2D eigenvalue weighted by molar-refractivity contribution is -0.495. The molecule has 2 aliphatic carbocycles. The van der Waals surface area contributed by atoms with Crippen molar-refractivity contribution in [3.05, 3.63) is 12.7 Å². The molecule has 2 fully saturated rings. The Balaban J connectivity index is 2.93. The Hall–Kier alpha value is -1.47. The lowest BCUT2D eigenvalue weighted by Crippen LogP contribution is -2.91. The average Bonchev–Trinajstić information content (AvgIpc) is 2.50. The Kier molecular flexibility index (Phi) is 4.06. The van der Waals surface area contributed by atoms with Crippen LogP contribution < -0.4 is 0 Å². The predicted octanol–water partition coefficient (Wildman–Crippen LogP) is 1.26. The van der Waals surface area contributed by atoms with Gasteiger partial charge in [0.15, 0.2) is 5.60 Å². The first-order valence-electron chi connectivity index (χ1n) is 6.84. The molecule has 0 amide bonds. The van der Waals surface area contributed by atoms with Gasteiger partial charge >= 0.3 is 23.7 Å². The molecule has 0 spiro atoms. The number of carbonyl (C=O) groups is 1. The van der Waals surface area contributed by atoms with E-state index < -0.39 is 65.9 Å². The van der Waals surface area contributed by atoms with Crippen LogP contribution in [0.2, 0.25) is 0 Å². The quantitative estimate of drug-likeness (QED) is 0.377. The number of ether oxygens (including phenoxy) is 1. The average molecular weight is 400 g/mol. The van der Waals surface area contributed by atoms with E-state index in [4.69, 9.17) is 0 Å². The normalized spacial score (nSPS) is 45.7. The standard InChI is InChI=1S/C13H12F8O5/c1-2-6(22)26-9-4-10(15,25)13(20,21)8(24,12(9,18)19)3-7(23,5-14)11(9,16)17/h2,23-25H,1,3-5H2. The van der Waals surface area contributed by atoms with Crippen LogP contribution in [-0.2, 0) is 9.53 Å². The van der Waals surface area contributed by atoms with Crippen LogP contribution in [0.1, 0.15) is 12.8 Å². The van der Waals surface area contributed by atoms with E-state index >= 15 is 0 Å². The van der Waals surface area contributed by atoms with E-state index in [0.29, 0.717) is 0 Å². The van der Waals surface area contributed by atoms with Crippen molar-refractivity contribution in [3.63, 3.8) is 0 Å². The second-order valence-electron chi connectivity index (χ2n) is 6.31. The van der Waals surface area contributed by atoms with Crippen LogP contribution in [0.3, 0.4) is 0 Å². The molecule has 2 aliphatic rings. The van der Waals surface area contributed by atoms with Crippen molar-refractivity contribution in [1.82, 2.24) is 0 Å². The van der Waals surface area contributed by atoms with E-state index in [2.05, 4.69) is 11.3 Å². The van der Waals surface area contributed by atoms with Crippen LogP contribution in [0.15, 0.2) is 12.7 Å². The van der Waals surface area contributed by atoms with Gasteiger partial charge in [-0.3, -0.25) is 0 Å². The molecule has 0 radical (unpaired) electrons. The Morgan fingerprint density at radius 1 is 0.962 bits per heavy atom. The minimum absolute atomic E-state index is 0.0209. The number of esters is 1. The van der Waals surface area contributed by atoms with Crippen molar-refractivity contribution in [2.45, 2.75) is 53.3 Å². The zero-order chi connectivity index (χ0) is 20.6. The lowest BCUT2D eigenvalue weighted by atomic mass is 9.53. The summed E-state index contributed by atoms with van der Waals surface area (Å²) in [5.41, 5.74) is -14.7. The maximum atomic E-state index is 14.6. The summed E-state index contributed by atoms with van der Waals surface area (Å²) in [6.45, 7) is 0.0488. The van der Waals surface area contributed by atoms with E-state index in [-0.39, 0.29) is 6.08 Å². The van der Waals surface area contributed by atoms with Gasteiger partial charge in [0, 0.05) is 12.5 Å². The predicted molar refractivity (Wildman–Crippen MR) is 65.0 cm³/mol. The molecule has 0 aromatic carbocycles. The summed E-state index contributed by atoms with van der Waals surface area (Å²) in [7, 11) is 0. The van der Waals surface area contributed by atoms with Crippen molar-refractivity contribution < 1.29 is 60.0 Å². The molecular weight excluding hydrogens is 388 g/mol. The number of halogens is 8. The van der Waals surface area contributed by atoms with Gasteiger partial charge in [-0.25, -0.2) is 13.6 Å². The monoisotopic (exact) mass is 400 g/mol. The zero-order valence-electron chi connectivity index (χ0n) is 12.6. The molecule has 0 aromatic heterocycles. The molecule has 5 nitrogen and oxygen atoms in total. The summed E-state index contributed by atoms with van der Waals surface area (Å²) in [6.07, 6.45) is -5.73. The molecule has 13 heteroatoms. The highest BCUT2D eigenvalue weighted by atomic mass is 19.3. The molecule has 150 valence electrons. The molecule has 2 saturated carbocycles. The minimum Gasteiger partial charge on any atom is -0.442 e. The van der Waals surface area contributed by atoms with E-state index in [9.17, 15) is 55.2 Å². The summed E-state index contributed by atoms with van der Waals surface area (Å²) in [5, 5.41) is 28.7. The number of fused-ring (bicyclic) bond motifs is 2. The molecule has 0 aliphatic heterocycles. The third kappa shape index (κ3) is 1.88. The van der Waals surface area contributed by atoms with Crippen molar-refractivity contribution >= 4 is 5.97 Å². The van der Waals surface area contributed by atoms with Crippen LogP contribution >= 0.6 is 0 Å². The summed E-state index contributed by atoms with van der Waals surface area (Å²) in [5.74, 6) is -24.6. The van der Waals surface area contributed by atoms with Gasteiger partial charge in [-0.2, -0.15) is 26.3 Å². The minimum atomic E-state index is -5.85. The highest BCUT2D eigenvalue weighted by Gasteiger charge is 2.98. The fourth-order valence-electron chi connectivity index (χ4n) is 3.35. The second-order valence-corrected chi connectivity index (χ2v) is 6.31. The number of hydrogen-bond donors (Lipinski definition) is 3. The lowest BCUT2D eigenvalue weighted by Gasteiger charge is -2.64. The molecule has 4 atom stereocenters. The van der Waals surface area contributed by atoms with E-state index in [1.807, 2.05) is 0 Å². The van der Waals surface area contributed by atoms with Crippen LogP contribution in [0.25, 0.3) is 0 Å². The molecule has 3 N–H and O–H groups in total. The fourth-order valence-corrected chi connectivity index (χ4v) is 3.35. The molecule has 2 bridgehead atoms. The van der Waals surface area contributed by atoms with Crippen molar-refractivity contribution in [1.29, 1.82) is 0 Å². The molecule has 0 saturated heterocycles. The van der Waals surface area contributed by atoms with Crippen LogP contribution in [0.5, 0.6) is 0 Å². The Labute approximate surface area is 139 Å². The topological polar surface area (TPSA) is 87.0 Å². The van der Waals surface area contributed by atoms with Gasteiger partial charge in [0.1, 0.15) is 6.67 Å². The Bertz CT molecular complexity index is 652. The number of rotatable bonds is 3. The van der Waals surface area contributed by atoms with E-state index in [1.165, 1.54) is 0 Å². The highest BCUT2D eigenvalue weighted by molar-refractivity contribution is 5.82.